The highest BCUT2D eigenvalue weighted by Gasteiger charge is 2.56. The Hall–Kier alpha value is -2.49. The van der Waals surface area contributed by atoms with Crippen LogP contribution in [0.25, 0.3) is 10.8 Å². The van der Waals surface area contributed by atoms with Crippen molar-refractivity contribution in [3.8, 4) is 0 Å². The summed E-state index contributed by atoms with van der Waals surface area (Å²) in [5.74, 6) is -1.27. The summed E-state index contributed by atoms with van der Waals surface area (Å²) in [4.78, 5) is 38.1. The van der Waals surface area contributed by atoms with E-state index in [1.54, 1.807) is 6.92 Å². The van der Waals surface area contributed by atoms with E-state index in [2.05, 4.69) is 0 Å². The molecule has 0 unspecified atom stereocenters. The van der Waals surface area contributed by atoms with Gasteiger partial charge in [0.05, 0.1) is 0 Å². The normalized spacial score (nSPS) is 26.5. The molecule has 0 bridgehead atoms. The molecule has 110 valence electrons. The summed E-state index contributed by atoms with van der Waals surface area (Å²) in [7, 11) is 0. The molecular formula is C18H15NO3. The lowest BCUT2D eigenvalue weighted by Gasteiger charge is -2.18. The van der Waals surface area contributed by atoms with Crippen LogP contribution in [0.3, 0.4) is 0 Å². The van der Waals surface area contributed by atoms with Gasteiger partial charge in [0.25, 0.3) is 0 Å². The molecule has 1 aliphatic heterocycles. The molecule has 0 spiro atoms. The van der Waals surface area contributed by atoms with Crippen molar-refractivity contribution < 1.29 is 14.4 Å². The number of nitrogens with zero attached hydrogens (tertiary/aromatic N) is 1. The standard InChI is InChI=1S/C18H15NO3/c1-9-15-13-7-11-5-3-4-6-12(11)8-14(13)17(21)16(15)19(10(2)20)18(9)22/h3-9,15-16H,1-2H3/t9-,15-,16-/m0/s1. The number of hydrogen-bond acceptors (Lipinski definition) is 3. The van der Waals surface area contributed by atoms with Crippen LogP contribution in [-0.4, -0.2) is 28.5 Å². The van der Waals surface area contributed by atoms with Crippen molar-refractivity contribution in [3.63, 3.8) is 0 Å². The zero-order valence-electron chi connectivity index (χ0n) is 12.4. The second-order valence-corrected chi connectivity index (χ2v) is 6.14. The predicted octanol–water partition coefficient (Wildman–Crippen LogP) is 2.51. The molecule has 22 heavy (non-hydrogen) atoms. The minimum atomic E-state index is -0.660. The monoisotopic (exact) mass is 293 g/mol. The molecule has 2 aromatic rings. The molecule has 3 atom stereocenters. The van der Waals surface area contributed by atoms with Gasteiger partial charge in [0.15, 0.2) is 5.78 Å². The Morgan fingerprint density at radius 2 is 1.73 bits per heavy atom. The maximum Gasteiger partial charge on any atom is 0.233 e. The molecule has 0 N–H and O–H groups in total. The fraction of sp³-hybridized carbons (Fsp3) is 0.278. The second kappa shape index (κ2) is 4.26. The lowest BCUT2D eigenvalue weighted by molar-refractivity contribution is -0.143. The second-order valence-electron chi connectivity index (χ2n) is 6.14. The van der Waals surface area contributed by atoms with E-state index >= 15 is 0 Å². The lowest BCUT2D eigenvalue weighted by atomic mass is 9.88. The van der Waals surface area contributed by atoms with Gasteiger partial charge in [0.1, 0.15) is 6.04 Å². The minimum absolute atomic E-state index is 0.112. The number of carbonyl (C=O) groups is 3. The molecule has 1 saturated heterocycles. The van der Waals surface area contributed by atoms with Crippen LogP contribution in [0.2, 0.25) is 0 Å². The zero-order valence-corrected chi connectivity index (χ0v) is 12.4. The molecule has 2 aliphatic rings. The Labute approximate surface area is 127 Å². The van der Waals surface area contributed by atoms with Gasteiger partial charge >= 0.3 is 0 Å². The van der Waals surface area contributed by atoms with Crippen molar-refractivity contribution in [2.75, 3.05) is 0 Å². The number of fused-ring (bicyclic) bond motifs is 4. The molecule has 4 heteroatoms. The van der Waals surface area contributed by atoms with E-state index < -0.39 is 6.04 Å². The first-order valence-electron chi connectivity index (χ1n) is 7.41. The van der Waals surface area contributed by atoms with Gasteiger partial charge in [-0.05, 0) is 22.4 Å². The van der Waals surface area contributed by atoms with Crippen molar-refractivity contribution in [2.24, 2.45) is 5.92 Å². The number of rotatable bonds is 0. The van der Waals surface area contributed by atoms with Crippen molar-refractivity contribution >= 4 is 28.4 Å². The molecule has 2 amide bonds. The summed E-state index contributed by atoms with van der Waals surface area (Å²) in [6, 6.07) is 11.1. The molecule has 4 nitrogen and oxygen atoms in total. The van der Waals surface area contributed by atoms with E-state index in [9.17, 15) is 14.4 Å². The summed E-state index contributed by atoms with van der Waals surface area (Å²) in [5.41, 5.74) is 1.55. The van der Waals surface area contributed by atoms with Crippen LogP contribution in [0.5, 0.6) is 0 Å². The fourth-order valence-electron chi connectivity index (χ4n) is 3.92. The maximum atomic E-state index is 12.8. The highest BCUT2D eigenvalue weighted by molar-refractivity contribution is 6.15. The number of hydrogen-bond donors (Lipinski definition) is 0. The summed E-state index contributed by atoms with van der Waals surface area (Å²) in [6.07, 6.45) is 0. The lowest BCUT2D eigenvalue weighted by Crippen LogP contribution is -2.41. The topological polar surface area (TPSA) is 54.5 Å². The van der Waals surface area contributed by atoms with Crippen LogP contribution in [0.1, 0.15) is 35.7 Å². The number of likely N-dealkylation sites (tertiary alicyclic amines) is 1. The highest BCUT2D eigenvalue weighted by atomic mass is 16.2. The Bertz CT molecular complexity index is 855. The van der Waals surface area contributed by atoms with Crippen LogP contribution in [0.15, 0.2) is 36.4 Å². The zero-order chi connectivity index (χ0) is 15.6. The summed E-state index contributed by atoms with van der Waals surface area (Å²) in [5, 5.41) is 2.05. The molecule has 1 aliphatic carbocycles. The number of benzene rings is 2. The van der Waals surface area contributed by atoms with Gasteiger partial charge in [-0.1, -0.05) is 37.3 Å². The minimum Gasteiger partial charge on any atom is -0.292 e. The van der Waals surface area contributed by atoms with Crippen molar-refractivity contribution in [1.29, 1.82) is 0 Å². The molecule has 1 fully saturated rings. The van der Waals surface area contributed by atoms with E-state index in [1.165, 1.54) is 6.92 Å². The number of ketones is 1. The van der Waals surface area contributed by atoms with Gasteiger partial charge in [0, 0.05) is 24.3 Å². The Balaban J connectivity index is 1.96. The average Bonchev–Trinajstić information content (AvgIpc) is 2.92. The number of carbonyl (C=O) groups excluding carboxylic acids is 3. The Morgan fingerprint density at radius 1 is 1.09 bits per heavy atom. The number of amides is 2. The quantitative estimate of drug-likeness (QED) is 0.750. The third-order valence-electron chi connectivity index (χ3n) is 4.93. The summed E-state index contributed by atoms with van der Waals surface area (Å²) < 4.78 is 0. The summed E-state index contributed by atoms with van der Waals surface area (Å²) >= 11 is 0. The highest BCUT2D eigenvalue weighted by Crippen LogP contribution is 2.47. The first-order valence-corrected chi connectivity index (χ1v) is 7.41. The summed E-state index contributed by atoms with van der Waals surface area (Å²) in [6.45, 7) is 3.15. The molecule has 0 aromatic heterocycles. The van der Waals surface area contributed by atoms with Crippen LogP contribution in [-0.2, 0) is 9.59 Å². The molecule has 1 heterocycles. The van der Waals surface area contributed by atoms with Crippen molar-refractivity contribution in [1.82, 2.24) is 4.90 Å². The van der Waals surface area contributed by atoms with Crippen LogP contribution >= 0.6 is 0 Å². The smallest absolute Gasteiger partial charge is 0.233 e. The van der Waals surface area contributed by atoms with Crippen molar-refractivity contribution in [2.45, 2.75) is 25.8 Å². The van der Waals surface area contributed by atoms with E-state index in [-0.39, 0.29) is 29.4 Å². The first-order chi connectivity index (χ1) is 10.5. The Kier molecular flexibility index (Phi) is 2.55. The van der Waals surface area contributed by atoms with Crippen LogP contribution < -0.4 is 0 Å². The number of imide groups is 1. The van der Waals surface area contributed by atoms with Gasteiger partial charge in [-0.2, -0.15) is 0 Å². The number of Topliss-reactive ketones (excluding diaryl/α,β-unsaturated/α-hetero) is 1. The Morgan fingerprint density at radius 3 is 2.36 bits per heavy atom. The van der Waals surface area contributed by atoms with Gasteiger partial charge < -0.3 is 0 Å². The molecule has 4 rings (SSSR count). The molecule has 0 saturated carbocycles. The van der Waals surface area contributed by atoms with Gasteiger partial charge in [-0.15, -0.1) is 0 Å². The van der Waals surface area contributed by atoms with Gasteiger partial charge in [0.2, 0.25) is 11.8 Å². The van der Waals surface area contributed by atoms with Gasteiger partial charge in [-0.25, -0.2) is 0 Å². The largest absolute Gasteiger partial charge is 0.292 e. The van der Waals surface area contributed by atoms with E-state index in [0.717, 1.165) is 21.2 Å². The average molecular weight is 293 g/mol. The van der Waals surface area contributed by atoms with E-state index in [0.29, 0.717) is 5.56 Å². The SMILES string of the molecule is CC(=O)N1C(=O)[C@@H](C)[C@H]2c3cc4ccccc4cc3C(=O)[C@H]21. The maximum absolute atomic E-state index is 12.8. The van der Waals surface area contributed by atoms with Crippen molar-refractivity contribution in [3.05, 3.63) is 47.5 Å². The van der Waals surface area contributed by atoms with Gasteiger partial charge in [-0.3, -0.25) is 19.3 Å². The first kappa shape index (κ1) is 13.2. The van der Waals surface area contributed by atoms with E-state index in [4.69, 9.17) is 0 Å². The third kappa shape index (κ3) is 1.49. The molecule has 0 radical (unpaired) electrons. The van der Waals surface area contributed by atoms with Crippen LogP contribution in [0, 0.1) is 5.92 Å². The fourth-order valence-corrected chi connectivity index (χ4v) is 3.92. The third-order valence-corrected chi connectivity index (χ3v) is 4.93. The van der Waals surface area contributed by atoms with Crippen LogP contribution in [0.4, 0.5) is 0 Å². The predicted molar refractivity (Wildman–Crippen MR) is 81.5 cm³/mol. The molecule has 2 aromatic carbocycles. The van der Waals surface area contributed by atoms with E-state index in [1.807, 2.05) is 36.4 Å². The molecular weight excluding hydrogens is 278 g/mol.